The molecule has 0 spiro atoms. The van der Waals surface area contributed by atoms with Crippen molar-refractivity contribution in [1.29, 1.82) is 5.26 Å². The number of alkyl halides is 3. The second-order valence-electron chi connectivity index (χ2n) is 6.70. The Morgan fingerprint density at radius 3 is 2.86 bits per heavy atom. The summed E-state index contributed by atoms with van der Waals surface area (Å²) in [4.78, 5) is 18.4. The number of nitriles is 1. The lowest BCUT2D eigenvalue weighted by Crippen LogP contribution is -2.35. The van der Waals surface area contributed by atoms with Crippen LogP contribution in [0, 0.1) is 17.2 Å². The summed E-state index contributed by atoms with van der Waals surface area (Å²) in [5.41, 5.74) is -0.370. The zero-order valence-corrected chi connectivity index (χ0v) is 14.8. The van der Waals surface area contributed by atoms with E-state index in [1.54, 1.807) is 12.3 Å². The van der Waals surface area contributed by atoms with E-state index in [-0.39, 0.29) is 17.4 Å². The Bertz CT molecular complexity index is 1040. The average molecular weight is 387 g/mol. The first-order valence-electron chi connectivity index (χ1n) is 8.81. The number of anilines is 1. The normalized spacial score (nSPS) is 17.6. The molecule has 7 nitrogen and oxygen atoms in total. The van der Waals surface area contributed by atoms with E-state index in [9.17, 15) is 13.2 Å². The summed E-state index contributed by atoms with van der Waals surface area (Å²) in [6.45, 7) is 1.53. The van der Waals surface area contributed by atoms with Gasteiger partial charge in [-0.2, -0.15) is 18.4 Å². The summed E-state index contributed by atoms with van der Waals surface area (Å²) in [7, 11) is 0. The SMILES string of the molecule is N#CCC1CCCN(c2ccnc(-c3cnc4cnc(C(F)(F)F)cn34)n2)C1. The minimum absolute atomic E-state index is 0.282. The second kappa shape index (κ2) is 7.07. The lowest BCUT2D eigenvalue weighted by atomic mass is 9.95. The van der Waals surface area contributed by atoms with Gasteiger partial charge in [-0.05, 0) is 24.8 Å². The first-order valence-corrected chi connectivity index (χ1v) is 8.81. The van der Waals surface area contributed by atoms with E-state index >= 15 is 0 Å². The van der Waals surface area contributed by atoms with Gasteiger partial charge in [0.2, 0.25) is 0 Å². The van der Waals surface area contributed by atoms with Crippen LogP contribution in [0.4, 0.5) is 19.0 Å². The van der Waals surface area contributed by atoms with Crippen LogP contribution >= 0.6 is 0 Å². The molecule has 0 amide bonds. The quantitative estimate of drug-likeness (QED) is 0.686. The van der Waals surface area contributed by atoms with E-state index in [0.717, 1.165) is 38.3 Å². The first-order chi connectivity index (χ1) is 13.5. The van der Waals surface area contributed by atoms with E-state index in [0.29, 0.717) is 17.9 Å². The molecule has 1 saturated heterocycles. The molecule has 10 heteroatoms. The molecule has 1 fully saturated rings. The van der Waals surface area contributed by atoms with Gasteiger partial charge >= 0.3 is 6.18 Å². The number of halogens is 3. The lowest BCUT2D eigenvalue weighted by Gasteiger charge is -2.32. The van der Waals surface area contributed by atoms with Crippen molar-refractivity contribution in [1.82, 2.24) is 24.3 Å². The molecule has 0 bridgehead atoms. The summed E-state index contributed by atoms with van der Waals surface area (Å²) in [6.07, 6.45) is 2.90. The zero-order chi connectivity index (χ0) is 19.7. The highest BCUT2D eigenvalue weighted by molar-refractivity contribution is 5.58. The molecule has 4 rings (SSSR count). The van der Waals surface area contributed by atoms with Gasteiger partial charge in [0, 0.05) is 31.9 Å². The number of aromatic nitrogens is 5. The Labute approximate surface area is 158 Å². The average Bonchev–Trinajstić information content (AvgIpc) is 3.11. The van der Waals surface area contributed by atoms with Crippen molar-refractivity contribution in [3.63, 3.8) is 0 Å². The van der Waals surface area contributed by atoms with Crippen molar-refractivity contribution in [2.45, 2.75) is 25.4 Å². The fraction of sp³-hybridized carbons (Fsp3) is 0.389. The van der Waals surface area contributed by atoms with Crippen LogP contribution in [0.15, 0.2) is 30.9 Å². The number of hydrogen-bond donors (Lipinski definition) is 0. The van der Waals surface area contributed by atoms with Gasteiger partial charge in [0.15, 0.2) is 17.2 Å². The summed E-state index contributed by atoms with van der Waals surface area (Å²) in [5, 5.41) is 8.94. The van der Waals surface area contributed by atoms with E-state index in [4.69, 9.17) is 5.26 Å². The monoisotopic (exact) mass is 387 g/mol. The number of hydrogen-bond acceptors (Lipinski definition) is 6. The minimum atomic E-state index is -4.55. The van der Waals surface area contributed by atoms with Crippen molar-refractivity contribution in [2.75, 3.05) is 18.0 Å². The van der Waals surface area contributed by atoms with Crippen LogP contribution in [0.3, 0.4) is 0 Å². The second-order valence-corrected chi connectivity index (χ2v) is 6.70. The maximum atomic E-state index is 13.0. The van der Waals surface area contributed by atoms with Crippen molar-refractivity contribution in [3.8, 4) is 17.6 Å². The van der Waals surface area contributed by atoms with E-state index in [1.165, 1.54) is 10.6 Å². The van der Waals surface area contributed by atoms with Crippen molar-refractivity contribution in [3.05, 3.63) is 36.5 Å². The molecule has 1 unspecified atom stereocenters. The molecular formula is C18H16F3N7. The first kappa shape index (κ1) is 18.2. The van der Waals surface area contributed by atoms with Gasteiger partial charge in [-0.3, -0.25) is 4.40 Å². The minimum Gasteiger partial charge on any atom is -0.356 e. The molecule has 0 aromatic carbocycles. The predicted molar refractivity (Wildman–Crippen MR) is 94.2 cm³/mol. The molecule has 1 atom stereocenters. The van der Waals surface area contributed by atoms with Crippen LogP contribution in [0.25, 0.3) is 17.2 Å². The fourth-order valence-corrected chi connectivity index (χ4v) is 3.42. The molecule has 0 saturated carbocycles. The highest BCUT2D eigenvalue weighted by Crippen LogP contribution is 2.29. The van der Waals surface area contributed by atoms with Gasteiger partial charge in [-0.15, -0.1) is 0 Å². The van der Waals surface area contributed by atoms with Gasteiger partial charge in [-0.25, -0.2) is 19.9 Å². The van der Waals surface area contributed by atoms with Crippen LogP contribution in [0.5, 0.6) is 0 Å². The molecule has 0 N–H and O–H groups in total. The van der Waals surface area contributed by atoms with Gasteiger partial charge in [0.1, 0.15) is 11.5 Å². The van der Waals surface area contributed by atoms with Gasteiger partial charge in [-0.1, -0.05) is 0 Å². The lowest BCUT2D eigenvalue weighted by molar-refractivity contribution is -0.141. The van der Waals surface area contributed by atoms with Crippen molar-refractivity contribution >= 4 is 11.5 Å². The van der Waals surface area contributed by atoms with E-state index < -0.39 is 11.9 Å². The molecule has 3 aromatic heterocycles. The van der Waals surface area contributed by atoms with Crippen LogP contribution in [-0.2, 0) is 6.18 Å². The number of rotatable bonds is 3. The Balaban J connectivity index is 1.69. The largest absolute Gasteiger partial charge is 0.434 e. The molecule has 28 heavy (non-hydrogen) atoms. The van der Waals surface area contributed by atoms with Crippen LogP contribution in [0.1, 0.15) is 25.0 Å². The number of fused-ring (bicyclic) bond motifs is 1. The Morgan fingerprint density at radius 1 is 1.21 bits per heavy atom. The molecule has 0 aliphatic carbocycles. The van der Waals surface area contributed by atoms with Gasteiger partial charge < -0.3 is 4.90 Å². The maximum absolute atomic E-state index is 13.0. The maximum Gasteiger partial charge on any atom is 0.434 e. The predicted octanol–water partition coefficient (Wildman–Crippen LogP) is 3.34. The highest BCUT2D eigenvalue weighted by Gasteiger charge is 2.33. The third kappa shape index (κ3) is 3.47. The van der Waals surface area contributed by atoms with E-state index in [2.05, 4.69) is 30.9 Å². The number of nitrogens with zero attached hydrogens (tertiary/aromatic N) is 7. The molecule has 0 radical (unpaired) electrons. The summed E-state index contributed by atoms with van der Waals surface area (Å²) >= 11 is 0. The Hall–Kier alpha value is -3.22. The molecule has 4 heterocycles. The number of imidazole rings is 1. The molecule has 1 aliphatic heterocycles. The zero-order valence-electron chi connectivity index (χ0n) is 14.8. The van der Waals surface area contributed by atoms with Crippen LogP contribution in [-0.4, -0.2) is 37.4 Å². The smallest absolute Gasteiger partial charge is 0.356 e. The molecule has 1 aliphatic rings. The Kier molecular flexibility index (Phi) is 4.58. The highest BCUT2D eigenvalue weighted by atomic mass is 19.4. The van der Waals surface area contributed by atoms with Crippen LogP contribution < -0.4 is 4.90 Å². The van der Waals surface area contributed by atoms with E-state index in [1.807, 2.05) is 0 Å². The van der Waals surface area contributed by atoms with Crippen LogP contribution in [0.2, 0.25) is 0 Å². The Morgan fingerprint density at radius 2 is 2.07 bits per heavy atom. The summed E-state index contributed by atoms with van der Waals surface area (Å²) < 4.78 is 40.3. The molecular weight excluding hydrogens is 371 g/mol. The number of piperidine rings is 1. The molecule has 3 aromatic rings. The third-order valence-corrected chi connectivity index (χ3v) is 4.78. The summed E-state index contributed by atoms with van der Waals surface area (Å²) in [5.74, 6) is 1.26. The molecule has 144 valence electrons. The summed E-state index contributed by atoms with van der Waals surface area (Å²) in [6, 6.07) is 3.98. The van der Waals surface area contributed by atoms with Gasteiger partial charge in [0.05, 0.1) is 18.5 Å². The van der Waals surface area contributed by atoms with Crippen molar-refractivity contribution < 1.29 is 13.2 Å². The standard InChI is InChI=1S/C18H16F3N7/c19-18(20,21)14-11-28-13(8-25-16(28)9-24-14)17-23-6-4-15(26-17)27-7-1-2-12(10-27)3-5-22/h4,6,8-9,11-12H,1-3,7,10H2. The fourth-order valence-electron chi connectivity index (χ4n) is 3.42. The third-order valence-electron chi connectivity index (χ3n) is 4.78. The van der Waals surface area contributed by atoms with Gasteiger partial charge in [0.25, 0.3) is 0 Å². The topological polar surface area (TPSA) is 83.0 Å². The van der Waals surface area contributed by atoms with Crippen molar-refractivity contribution in [2.24, 2.45) is 5.92 Å².